The molecule has 0 aliphatic rings. The summed E-state index contributed by atoms with van der Waals surface area (Å²) >= 11 is 0. The first-order valence-corrected chi connectivity index (χ1v) is 6.87. The number of aromatic nitrogens is 1. The number of aliphatic carboxylic acids is 1. The Balaban J connectivity index is 2.44. The third-order valence-corrected chi connectivity index (χ3v) is 3.74. The van der Waals surface area contributed by atoms with E-state index >= 15 is 0 Å². The summed E-state index contributed by atoms with van der Waals surface area (Å²) in [6.07, 6.45) is 0.761. The molecule has 1 heterocycles. The van der Waals surface area contributed by atoms with Crippen molar-refractivity contribution in [2.75, 3.05) is 0 Å². The number of rotatable bonds is 4. The molecule has 0 amide bonds. The Bertz CT molecular complexity index is 653. The van der Waals surface area contributed by atoms with Crippen LogP contribution in [0.3, 0.4) is 0 Å². The van der Waals surface area contributed by atoms with Crippen molar-refractivity contribution in [3.05, 3.63) is 52.3 Å². The minimum absolute atomic E-state index is 0.178. The lowest BCUT2D eigenvalue weighted by Crippen LogP contribution is -2.03. The molecule has 0 saturated carbocycles. The van der Waals surface area contributed by atoms with Gasteiger partial charge in [0.25, 0.3) is 0 Å². The zero-order valence-corrected chi connectivity index (χ0v) is 12.5. The number of nitrogens with zero attached hydrogens (tertiary/aromatic N) is 1. The van der Waals surface area contributed by atoms with Crippen molar-refractivity contribution < 1.29 is 9.90 Å². The smallest absolute Gasteiger partial charge is 0.303 e. The van der Waals surface area contributed by atoms with Crippen LogP contribution in [0.5, 0.6) is 0 Å². The van der Waals surface area contributed by atoms with E-state index in [9.17, 15) is 4.79 Å². The summed E-state index contributed by atoms with van der Waals surface area (Å²) in [5, 5.41) is 8.83. The number of carboxylic acid groups (broad SMARTS) is 1. The summed E-state index contributed by atoms with van der Waals surface area (Å²) in [5.41, 5.74) is 7.05. The average Bonchev–Trinajstić information content (AvgIpc) is 2.63. The molecule has 0 aliphatic heterocycles. The van der Waals surface area contributed by atoms with Crippen LogP contribution in [0.2, 0.25) is 0 Å². The van der Waals surface area contributed by atoms with Crippen molar-refractivity contribution in [2.24, 2.45) is 0 Å². The Morgan fingerprint density at radius 1 is 1.15 bits per heavy atom. The van der Waals surface area contributed by atoms with E-state index < -0.39 is 5.97 Å². The molecule has 0 radical (unpaired) electrons. The summed E-state index contributed by atoms with van der Waals surface area (Å²) in [7, 11) is 0. The van der Waals surface area contributed by atoms with Crippen LogP contribution in [0.4, 0.5) is 0 Å². The first-order chi connectivity index (χ1) is 9.40. The standard InChI is InChI=1S/C17H21NO2/c1-11-5-7-16(12(2)9-11)18-13(3)10-15(14(18)4)6-8-17(19)20/h5,7,9-10H,6,8H2,1-4H3,(H,19,20). The van der Waals surface area contributed by atoms with Crippen molar-refractivity contribution in [1.29, 1.82) is 0 Å². The maximum Gasteiger partial charge on any atom is 0.303 e. The number of hydrogen-bond donors (Lipinski definition) is 1. The van der Waals surface area contributed by atoms with Crippen LogP contribution in [0.1, 0.15) is 34.5 Å². The first-order valence-electron chi connectivity index (χ1n) is 6.87. The van der Waals surface area contributed by atoms with Crippen LogP contribution in [-0.2, 0) is 11.2 Å². The quantitative estimate of drug-likeness (QED) is 0.920. The van der Waals surface area contributed by atoms with Crippen LogP contribution in [0.25, 0.3) is 5.69 Å². The summed E-state index contributed by atoms with van der Waals surface area (Å²) < 4.78 is 2.21. The summed E-state index contributed by atoms with van der Waals surface area (Å²) in [5.74, 6) is -0.749. The van der Waals surface area contributed by atoms with Crippen LogP contribution < -0.4 is 0 Å². The molecule has 0 bridgehead atoms. The molecule has 0 aliphatic carbocycles. The summed E-state index contributed by atoms with van der Waals surface area (Å²) in [6, 6.07) is 8.51. The van der Waals surface area contributed by atoms with Crippen molar-refractivity contribution in [2.45, 2.75) is 40.5 Å². The summed E-state index contributed by atoms with van der Waals surface area (Å²) in [4.78, 5) is 10.7. The Morgan fingerprint density at radius 2 is 1.85 bits per heavy atom. The lowest BCUT2D eigenvalue weighted by molar-refractivity contribution is -0.136. The van der Waals surface area contributed by atoms with Crippen LogP contribution in [0, 0.1) is 27.7 Å². The molecule has 2 aromatic rings. The van der Waals surface area contributed by atoms with E-state index in [1.807, 2.05) is 0 Å². The molecular weight excluding hydrogens is 250 g/mol. The van der Waals surface area contributed by atoms with Crippen LogP contribution in [0.15, 0.2) is 24.3 Å². The lowest BCUT2D eigenvalue weighted by atomic mass is 10.1. The largest absolute Gasteiger partial charge is 0.481 e. The highest BCUT2D eigenvalue weighted by molar-refractivity contribution is 5.67. The van der Waals surface area contributed by atoms with Gasteiger partial charge in [-0.2, -0.15) is 0 Å². The number of carboxylic acids is 1. The molecule has 106 valence electrons. The van der Waals surface area contributed by atoms with Crippen LogP contribution in [-0.4, -0.2) is 15.6 Å². The monoisotopic (exact) mass is 271 g/mol. The predicted octanol–water partition coefficient (Wildman–Crippen LogP) is 3.73. The predicted molar refractivity (Wildman–Crippen MR) is 80.7 cm³/mol. The highest BCUT2D eigenvalue weighted by atomic mass is 16.4. The SMILES string of the molecule is Cc1ccc(-n2c(C)cc(CCC(=O)O)c2C)c(C)c1. The molecule has 2 rings (SSSR count). The molecule has 0 fully saturated rings. The van der Waals surface area contributed by atoms with Gasteiger partial charge in [0, 0.05) is 23.5 Å². The molecule has 1 aromatic carbocycles. The maximum atomic E-state index is 10.7. The van der Waals surface area contributed by atoms with E-state index in [1.165, 1.54) is 16.8 Å². The fraction of sp³-hybridized carbons (Fsp3) is 0.353. The van der Waals surface area contributed by atoms with Gasteiger partial charge < -0.3 is 9.67 Å². The van der Waals surface area contributed by atoms with Gasteiger partial charge in [0.05, 0.1) is 0 Å². The van der Waals surface area contributed by atoms with E-state index in [0.29, 0.717) is 6.42 Å². The molecule has 20 heavy (non-hydrogen) atoms. The Kier molecular flexibility index (Phi) is 3.98. The van der Waals surface area contributed by atoms with E-state index in [4.69, 9.17) is 5.11 Å². The molecule has 3 nitrogen and oxygen atoms in total. The average molecular weight is 271 g/mol. The van der Waals surface area contributed by atoms with Crippen molar-refractivity contribution in [3.8, 4) is 5.69 Å². The maximum absolute atomic E-state index is 10.7. The molecule has 3 heteroatoms. The van der Waals surface area contributed by atoms with Crippen molar-refractivity contribution >= 4 is 5.97 Å². The normalized spacial score (nSPS) is 10.8. The zero-order chi connectivity index (χ0) is 14.9. The fourth-order valence-electron chi connectivity index (χ4n) is 2.75. The summed E-state index contributed by atoms with van der Waals surface area (Å²) in [6.45, 7) is 8.32. The van der Waals surface area contributed by atoms with E-state index in [-0.39, 0.29) is 6.42 Å². The van der Waals surface area contributed by atoms with Gasteiger partial charge in [-0.3, -0.25) is 4.79 Å². The van der Waals surface area contributed by atoms with Gasteiger partial charge in [-0.05, 0) is 57.4 Å². The van der Waals surface area contributed by atoms with Gasteiger partial charge in [-0.25, -0.2) is 0 Å². The molecule has 1 aromatic heterocycles. The van der Waals surface area contributed by atoms with Crippen molar-refractivity contribution in [1.82, 2.24) is 4.57 Å². The van der Waals surface area contributed by atoms with Gasteiger partial charge in [0.2, 0.25) is 0 Å². The molecule has 1 N–H and O–H groups in total. The topological polar surface area (TPSA) is 42.2 Å². The molecular formula is C17H21NO2. The number of benzene rings is 1. The second kappa shape index (κ2) is 5.53. The molecule has 0 spiro atoms. The van der Waals surface area contributed by atoms with E-state index in [0.717, 1.165) is 17.0 Å². The minimum atomic E-state index is -0.749. The second-order valence-corrected chi connectivity index (χ2v) is 5.42. The zero-order valence-electron chi connectivity index (χ0n) is 12.5. The number of aryl methyl sites for hydroxylation is 4. The Labute approximate surface area is 119 Å². The van der Waals surface area contributed by atoms with Gasteiger partial charge in [-0.1, -0.05) is 17.7 Å². The third kappa shape index (κ3) is 2.77. The van der Waals surface area contributed by atoms with Crippen LogP contribution >= 0.6 is 0 Å². The highest BCUT2D eigenvalue weighted by Gasteiger charge is 2.13. The van der Waals surface area contributed by atoms with E-state index in [1.54, 1.807) is 0 Å². The first kappa shape index (κ1) is 14.4. The molecule has 0 saturated heterocycles. The second-order valence-electron chi connectivity index (χ2n) is 5.42. The van der Waals surface area contributed by atoms with Gasteiger partial charge in [0.15, 0.2) is 0 Å². The fourth-order valence-corrected chi connectivity index (χ4v) is 2.75. The van der Waals surface area contributed by atoms with Gasteiger partial charge in [-0.15, -0.1) is 0 Å². The lowest BCUT2D eigenvalue weighted by Gasteiger charge is -2.13. The van der Waals surface area contributed by atoms with Gasteiger partial charge in [0.1, 0.15) is 0 Å². The van der Waals surface area contributed by atoms with E-state index in [2.05, 4.69) is 56.5 Å². The molecule has 0 unspecified atom stereocenters. The Hall–Kier alpha value is -2.03. The van der Waals surface area contributed by atoms with Crippen molar-refractivity contribution in [3.63, 3.8) is 0 Å². The highest BCUT2D eigenvalue weighted by Crippen LogP contribution is 2.24. The van der Waals surface area contributed by atoms with Gasteiger partial charge >= 0.3 is 5.97 Å². The third-order valence-electron chi connectivity index (χ3n) is 3.74. The minimum Gasteiger partial charge on any atom is -0.481 e. The number of hydrogen-bond acceptors (Lipinski definition) is 1. The number of carbonyl (C=O) groups is 1. The molecule has 0 atom stereocenters. The Morgan fingerprint density at radius 3 is 2.45 bits per heavy atom.